The Morgan fingerprint density at radius 1 is 1.36 bits per heavy atom. The van der Waals surface area contributed by atoms with Crippen LogP contribution in [0.4, 0.5) is 10.1 Å². The summed E-state index contributed by atoms with van der Waals surface area (Å²) < 4.78 is 13.5. The maximum absolute atomic E-state index is 13.1. The Kier molecular flexibility index (Phi) is 3.29. The van der Waals surface area contributed by atoms with E-state index in [4.69, 9.17) is 0 Å². The molecule has 2 bridgehead atoms. The number of halogens is 2. The van der Waals surface area contributed by atoms with E-state index in [9.17, 15) is 18.8 Å². The Balaban J connectivity index is 1.98. The first-order chi connectivity index (χ1) is 10.2. The third-order valence-electron chi connectivity index (χ3n) is 5.27. The second-order valence-electron chi connectivity index (χ2n) is 6.49. The molecular weight excluding hydrogens is 353 g/mol. The van der Waals surface area contributed by atoms with Gasteiger partial charge in [-0.15, -0.1) is 0 Å². The van der Waals surface area contributed by atoms with E-state index in [-0.39, 0.29) is 5.92 Å². The average Bonchev–Trinajstić information content (AvgIpc) is 2.78. The van der Waals surface area contributed by atoms with Crippen molar-refractivity contribution < 1.29 is 18.8 Å². The Labute approximate surface area is 135 Å². The van der Waals surface area contributed by atoms with Crippen LogP contribution in [-0.4, -0.2) is 17.5 Å². The zero-order valence-electron chi connectivity index (χ0n) is 12.2. The van der Waals surface area contributed by atoms with Crippen LogP contribution >= 0.6 is 15.9 Å². The Bertz CT molecular complexity index is 715. The van der Waals surface area contributed by atoms with E-state index in [0.717, 1.165) is 0 Å². The number of carbonyl (C=O) groups excluding carboxylic acids is 3. The second kappa shape index (κ2) is 4.72. The lowest BCUT2D eigenvalue weighted by Crippen LogP contribution is -2.47. The number of ketones is 2. The van der Waals surface area contributed by atoms with Crippen LogP contribution in [0.3, 0.4) is 0 Å². The van der Waals surface area contributed by atoms with Gasteiger partial charge >= 0.3 is 0 Å². The molecular formula is C16H15BrFNO3. The first-order valence-corrected chi connectivity index (χ1v) is 7.86. The van der Waals surface area contributed by atoms with Gasteiger partial charge in [0.05, 0.1) is 5.69 Å². The Hall–Kier alpha value is -1.56. The topological polar surface area (TPSA) is 63.2 Å². The number of hydrogen-bond acceptors (Lipinski definition) is 3. The van der Waals surface area contributed by atoms with Crippen LogP contribution in [0.15, 0.2) is 22.7 Å². The third-order valence-corrected chi connectivity index (χ3v) is 5.93. The number of anilines is 1. The quantitative estimate of drug-likeness (QED) is 0.645. The van der Waals surface area contributed by atoms with Gasteiger partial charge in [0, 0.05) is 10.4 Å². The minimum Gasteiger partial charge on any atom is -0.324 e. The van der Waals surface area contributed by atoms with E-state index < -0.39 is 34.1 Å². The molecule has 0 heterocycles. The van der Waals surface area contributed by atoms with Gasteiger partial charge < -0.3 is 5.32 Å². The van der Waals surface area contributed by atoms with Crippen LogP contribution < -0.4 is 5.32 Å². The van der Waals surface area contributed by atoms with Crippen LogP contribution in [0.5, 0.6) is 0 Å². The lowest BCUT2D eigenvalue weighted by Gasteiger charge is -2.33. The highest BCUT2D eigenvalue weighted by atomic mass is 79.9. The molecule has 116 valence electrons. The minimum atomic E-state index is -1.32. The molecule has 0 spiro atoms. The number of rotatable bonds is 2. The molecule has 2 atom stereocenters. The van der Waals surface area contributed by atoms with Crippen molar-refractivity contribution in [2.45, 2.75) is 26.7 Å². The van der Waals surface area contributed by atoms with E-state index in [1.807, 2.05) is 0 Å². The van der Waals surface area contributed by atoms with Crippen molar-refractivity contribution in [1.82, 2.24) is 0 Å². The molecule has 1 aromatic carbocycles. The van der Waals surface area contributed by atoms with Gasteiger partial charge in [0.15, 0.2) is 0 Å². The van der Waals surface area contributed by atoms with Gasteiger partial charge in [0.1, 0.15) is 11.2 Å². The lowest BCUT2D eigenvalue weighted by molar-refractivity contribution is -0.147. The summed E-state index contributed by atoms with van der Waals surface area (Å²) >= 11 is 3.18. The van der Waals surface area contributed by atoms with E-state index in [1.165, 1.54) is 18.2 Å². The molecule has 22 heavy (non-hydrogen) atoms. The molecule has 2 aliphatic carbocycles. The summed E-state index contributed by atoms with van der Waals surface area (Å²) in [5, 5.41) is 2.68. The van der Waals surface area contributed by atoms with E-state index in [0.29, 0.717) is 23.0 Å². The SMILES string of the molecule is CC1(C)C2CCC1(C(=O)Nc1ccc(F)cc1Br)C(=O)C2=O. The molecule has 0 aromatic heterocycles. The van der Waals surface area contributed by atoms with Gasteiger partial charge in [-0.25, -0.2) is 4.39 Å². The molecule has 2 fully saturated rings. The van der Waals surface area contributed by atoms with Gasteiger partial charge in [-0.1, -0.05) is 13.8 Å². The van der Waals surface area contributed by atoms with Gasteiger partial charge in [-0.2, -0.15) is 0 Å². The molecule has 2 saturated carbocycles. The number of nitrogens with one attached hydrogen (secondary N) is 1. The first kappa shape index (κ1) is 15.3. The summed E-state index contributed by atoms with van der Waals surface area (Å²) in [6.45, 7) is 3.60. The number of Topliss-reactive ketones (excluding diaryl/α,β-unsaturated/α-hetero) is 2. The van der Waals surface area contributed by atoms with Crippen LogP contribution in [-0.2, 0) is 14.4 Å². The predicted octanol–water partition coefficient (Wildman–Crippen LogP) is 3.10. The van der Waals surface area contributed by atoms with Gasteiger partial charge in [-0.05, 0) is 52.4 Å². The van der Waals surface area contributed by atoms with Crippen molar-refractivity contribution in [2.75, 3.05) is 5.32 Å². The highest BCUT2D eigenvalue weighted by molar-refractivity contribution is 9.10. The van der Waals surface area contributed by atoms with Crippen molar-refractivity contribution in [3.63, 3.8) is 0 Å². The van der Waals surface area contributed by atoms with Crippen LogP contribution in [0.2, 0.25) is 0 Å². The fourth-order valence-corrected chi connectivity index (χ4v) is 4.35. The van der Waals surface area contributed by atoms with E-state index in [1.54, 1.807) is 13.8 Å². The molecule has 0 radical (unpaired) electrons. The molecule has 1 aromatic rings. The Morgan fingerprint density at radius 2 is 2.05 bits per heavy atom. The van der Waals surface area contributed by atoms with Crippen molar-refractivity contribution >= 4 is 39.1 Å². The summed E-state index contributed by atoms with van der Waals surface area (Å²) in [6.07, 6.45) is 0.926. The van der Waals surface area contributed by atoms with E-state index in [2.05, 4.69) is 21.2 Å². The number of fused-ring (bicyclic) bond motifs is 2. The maximum atomic E-state index is 13.1. The van der Waals surface area contributed by atoms with Crippen molar-refractivity contribution in [3.8, 4) is 0 Å². The fraction of sp³-hybridized carbons (Fsp3) is 0.438. The highest BCUT2D eigenvalue weighted by Crippen LogP contribution is 2.62. The molecule has 6 heteroatoms. The van der Waals surface area contributed by atoms with Gasteiger partial charge in [-0.3, -0.25) is 14.4 Å². The molecule has 0 saturated heterocycles. The first-order valence-electron chi connectivity index (χ1n) is 7.07. The predicted molar refractivity (Wildman–Crippen MR) is 81.7 cm³/mol. The summed E-state index contributed by atoms with van der Waals surface area (Å²) in [5.74, 6) is -2.34. The monoisotopic (exact) mass is 367 g/mol. The molecule has 2 unspecified atom stereocenters. The summed E-state index contributed by atoms with van der Waals surface area (Å²) in [6, 6.07) is 3.88. The Morgan fingerprint density at radius 3 is 2.59 bits per heavy atom. The van der Waals surface area contributed by atoms with Gasteiger partial charge in [0.25, 0.3) is 0 Å². The molecule has 1 N–H and O–H groups in total. The zero-order chi connectivity index (χ0) is 16.3. The standard InChI is InChI=1S/C16H15BrFNO3/c1-15(2)9-5-6-16(15,13(21)12(9)20)14(22)19-11-4-3-8(18)7-10(11)17/h3-4,7,9H,5-6H2,1-2H3,(H,19,22). The summed E-state index contributed by atoms with van der Waals surface area (Å²) in [7, 11) is 0. The molecule has 2 aliphatic rings. The number of carbonyl (C=O) groups is 3. The zero-order valence-corrected chi connectivity index (χ0v) is 13.8. The smallest absolute Gasteiger partial charge is 0.239 e. The molecule has 1 amide bonds. The van der Waals surface area contributed by atoms with Crippen LogP contribution in [0.1, 0.15) is 26.7 Å². The van der Waals surface area contributed by atoms with Crippen molar-refractivity contribution in [3.05, 3.63) is 28.5 Å². The second-order valence-corrected chi connectivity index (χ2v) is 7.34. The lowest BCUT2D eigenvalue weighted by atomic mass is 9.68. The number of benzene rings is 1. The minimum absolute atomic E-state index is 0.375. The molecule has 3 rings (SSSR count). The van der Waals surface area contributed by atoms with Gasteiger partial charge in [0.2, 0.25) is 17.5 Å². The number of hydrogen-bond donors (Lipinski definition) is 1. The molecule has 4 nitrogen and oxygen atoms in total. The van der Waals surface area contributed by atoms with Crippen molar-refractivity contribution in [2.24, 2.45) is 16.7 Å². The van der Waals surface area contributed by atoms with Crippen LogP contribution in [0.25, 0.3) is 0 Å². The fourth-order valence-electron chi connectivity index (χ4n) is 3.90. The largest absolute Gasteiger partial charge is 0.324 e. The van der Waals surface area contributed by atoms with E-state index >= 15 is 0 Å². The van der Waals surface area contributed by atoms with Crippen molar-refractivity contribution in [1.29, 1.82) is 0 Å². The third kappa shape index (κ3) is 1.76. The maximum Gasteiger partial charge on any atom is 0.239 e. The average molecular weight is 368 g/mol. The summed E-state index contributed by atoms with van der Waals surface area (Å²) in [4.78, 5) is 37.3. The normalized spacial score (nSPS) is 29.0. The summed E-state index contributed by atoms with van der Waals surface area (Å²) in [5.41, 5.74) is -1.63. The highest BCUT2D eigenvalue weighted by Gasteiger charge is 2.72. The molecule has 0 aliphatic heterocycles. The number of amides is 1. The van der Waals surface area contributed by atoms with Crippen LogP contribution in [0, 0.1) is 22.6 Å².